The molecule has 1 atom stereocenters. The summed E-state index contributed by atoms with van der Waals surface area (Å²) in [6.45, 7) is 4.75. The molecule has 1 unspecified atom stereocenters. The average Bonchev–Trinajstić information content (AvgIpc) is 1.84. The van der Waals surface area contributed by atoms with Crippen molar-refractivity contribution in [3.05, 3.63) is 0 Å². The molecule has 1 aliphatic rings. The lowest BCUT2D eigenvalue weighted by Crippen LogP contribution is -2.53. The lowest BCUT2D eigenvalue weighted by molar-refractivity contribution is -0.190. The van der Waals surface area contributed by atoms with Crippen LogP contribution in [-0.2, 0) is 9.53 Å². The molecule has 1 heterocycles. The molecule has 3 heteroatoms. The molecule has 11 heavy (non-hydrogen) atoms. The summed E-state index contributed by atoms with van der Waals surface area (Å²) in [5, 5.41) is 8.91. The van der Waals surface area contributed by atoms with Crippen molar-refractivity contribution in [2.45, 2.75) is 20.3 Å². The fourth-order valence-corrected chi connectivity index (χ4v) is 1.33. The van der Waals surface area contributed by atoms with E-state index in [-0.39, 0.29) is 5.92 Å². The van der Waals surface area contributed by atoms with Crippen LogP contribution < -0.4 is 0 Å². The summed E-state index contributed by atoms with van der Waals surface area (Å²) in [5.41, 5.74) is -0.575. The van der Waals surface area contributed by atoms with E-state index in [1.807, 2.05) is 13.8 Å². The van der Waals surface area contributed by atoms with Gasteiger partial charge in [-0.15, -0.1) is 0 Å². The monoisotopic (exact) mass is 158 g/mol. The van der Waals surface area contributed by atoms with E-state index in [2.05, 4.69) is 0 Å². The van der Waals surface area contributed by atoms with E-state index in [0.29, 0.717) is 13.2 Å². The summed E-state index contributed by atoms with van der Waals surface area (Å²) in [7, 11) is 0. The second-order valence-electron chi connectivity index (χ2n) is 3.26. The van der Waals surface area contributed by atoms with Gasteiger partial charge in [-0.3, -0.25) is 4.79 Å². The smallest absolute Gasteiger partial charge is 0.314 e. The summed E-state index contributed by atoms with van der Waals surface area (Å²) in [4.78, 5) is 10.8. The highest BCUT2D eigenvalue weighted by atomic mass is 16.5. The summed E-state index contributed by atoms with van der Waals surface area (Å²) in [6.07, 6.45) is 0.898. The van der Waals surface area contributed by atoms with Crippen LogP contribution in [0.4, 0.5) is 0 Å². The minimum atomic E-state index is -0.710. The van der Waals surface area contributed by atoms with Crippen LogP contribution in [0, 0.1) is 11.3 Å². The maximum atomic E-state index is 10.8. The van der Waals surface area contributed by atoms with E-state index in [4.69, 9.17) is 9.84 Å². The fraction of sp³-hybridized carbons (Fsp3) is 0.875. The molecular weight excluding hydrogens is 144 g/mol. The van der Waals surface area contributed by atoms with Gasteiger partial charge >= 0.3 is 5.97 Å². The van der Waals surface area contributed by atoms with Crippen molar-refractivity contribution >= 4 is 5.97 Å². The van der Waals surface area contributed by atoms with E-state index < -0.39 is 11.4 Å². The highest BCUT2D eigenvalue weighted by Crippen LogP contribution is 2.37. The number of rotatable bonds is 3. The average molecular weight is 158 g/mol. The lowest BCUT2D eigenvalue weighted by Gasteiger charge is -2.41. The predicted molar refractivity (Wildman–Crippen MR) is 40.3 cm³/mol. The van der Waals surface area contributed by atoms with Crippen molar-refractivity contribution in [2.75, 3.05) is 13.2 Å². The number of carboxylic acids is 1. The Hall–Kier alpha value is -0.570. The topological polar surface area (TPSA) is 46.5 Å². The standard InChI is InChI=1S/C8H14O3/c1-3-6(2)8(7(9)10)4-11-5-8/h6H,3-5H2,1-2H3,(H,9,10). The summed E-state index contributed by atoms with van der Waals surface area (Å²) in [5.74, 6) is -0.494. The van der Waals surface area contributed by atoms with Crippen LogP contribution >= 0.6 is 0 Å². The highest BCUT2D eigenvalue weighted by molar-refractivity contribution is 5.76. The quantitative estimate of drug-likeness (QED) is 0.669. The van der Waals surface area contributed by atoms with Crippen LogP contribution in [0.1, 0.15) is 20.3 Å². The predicted octanol–water partition coefficient (Wildman–Crippen LogP) is 1.13. The summed E-state index contributed by atoms with van der Waals surface area (Å²) in [6, 6.07) is 0. The number of hydrogen-bond acceptors (Lipinski definition) is 2. The van der Waals surface area contributed by atoms with Crippen molar-refractivity contribution in [3.63, 3.8) is 0 Å². The van der Waals surface area contributed by atoms with Crippen molar-refractivity contribution < 1.29 is 14.6 Å². The van der Waals surface area contributed by atoms with E-state index >= 15 is 0 Å². The third-order valence-corrected chi connectivity index (χ3v) is 2.70. The second-order valence-corrected chi connectivity index (χ2v) is 3.26. The molecular formula is C8H14O3. The number of hydrogen-bond donors (Lipinski definition) is 1. The molecule has 0 bridgehead atoms. The minimum absolute atomic E-state index is 0.216. The Balaban J connectivity index is 2.67. The Labute approximate surface area is 66.4 Å². The summed E-state index contributed by atoms with van der Waals surface area (Å²) >= 11 is 0. The van der Waals surface area contributed by atoms with Crippen LogP contribution in [0.15, 0.2) is 0 Å². The normalized spacial score (nSPS) is 23.8. The maximum absolute atomic E-state index is 10.8. The van der Waals surface area contributed by atoms with Gasteiger partial charge in [0.1, 0.15) is 5.41 Å². The molecule has 1 rings (SSSR count). The van der Waals surface area contributed by atoms with Gasteiger partial charge in [0.05, 0.1) is 13.2 Å². The van der Waals surface area contributed by atoms with Gasteiger partial charge in [-0.1, -0.05) is 20.3 Å². The van der Waals surface area contributed by atoms with Crippen LogP contribution in [0.5, 0.6) is 0 Å². The van der Waals surface area contributed by atoms with Crippen molar-refractivity contribution in [1.82, 2.24) is 0 Å². The number of ether oxygens (including phenoxy) is 1. The minimum Gasteiger partial charge on any atom is -0.481 e. The largest absolute Gasteiger partial charge is 0.481 e. The van der Waals surface area contributed by atoms with Gasteiger partial charge < -0.3 is 9.84 Å². The molecule has 0 aromatic carbocycles. The van der Waals surface area contributed by atoms with E-state index in [0.717, 1.165) is 6.42 Å². The molecule has 3 nitrogen and oxygen atoms in total. The summed E-state index contributed by atoms with van der Waals surface area (Å²) < 4.78 is 4.94. The molecule has 0 amide bonds. The van der Waals surface area contributed by atoms with Gasteiger partial charge in [-0.05, 0) is 5.92 Å². The van der Waals surface area contributed by atoms with Crippen LogP contribution in [-0.4, -0.2) is 24.3 Å². The number of aliphatic carboxylic acids is 1. The molecule has 0 spiro atoms. The van der Waals surface area contributed by atoms with E-state index in [1.165, 1.54) is 0 Å². The SMILES string of the molecule is CCC(C)C1(C(=O)O)COC1. The number of carbonyl (C=O) groups is 1. The van der Waals surface area contributed by atoms with Gasteiger partial charge in [0.15, 0.2) is 0 Å². The Bertz CT molecular complexity index is 161. The first-order valence-corrected chi connectivity index (χ1v) is 3.94. The van der Waals surface area contributed by atoms with Gasteiger partial charge in [0.2, 0.25) is 0 Å². The van der Waals surface area contributed by atoms with Crippen LogP contribution in [0.2, 0.25) is 0 Å². The molecule has 1 fully saturated rings. The first-order chi connectivity index (χ1) is 5.13. The molecule has 0 aromatic heterocycles. The molecule has 1 saturated heterocycles. The van der Waals surface area contributed by atoms with E-state index in [9.17, 15) is 4.79 Å². The fourth-order valence-electron chi connectivity index (χ4n) is 1.33. The van der Waals surface area contributed by atoms with Gasteiger partial charge in [0.25, 0.3) is 0 Å². The van der Waals surface area contributed by atoms with Gasteiger partial charge in [-0.2, -0.15) is 0 Å². The molecule has 0 aliphatic carbocycles. The zero-order valence-corrected chi connectivity index (χ0v) is 6.96. The molecule has 0 radical (unpaired) electrons. The van der Waals surface area contributed by atoms with Crippen molar-refractivity contribution in [2.24, 2.45) is 11.3 Å². The first-order valence-electron chi connectivity index (χ1n) is 3.94. The van der Waals surface area contributed by atoms with Gasteiger partial charge in [-0.25, -0.2) is 0 Å². The molecule has 0 saturated carbocycles. The van der Waals surface area contributed by atoms with Crippen LogP contribution in [0.25, 0.3) is 0 Å². The zero-order valence-electron chi connectivity index (χ0n) is 6.96. The molecule has 1 N–H and O–H groups in total. The number of carboxylic acid groups (broad SMARTS) is 1. The molecule has 64 valence electrons. The third-order valence-electron chi connectivity index (χ3n) is 2.70. The van der Waals surface area contributed by atoms with E-state index in [1.54, 1.807) is 0 Å². The first kappa shape index (κ1) is 8.53. The Kier molecular flexibility index (Phi) is 2.18. The maximum Gasteiger partial charge on any atom is 0.314 e. The second kappa shape index (κ2) is 2.81. The Morgan fingerprint density at radius 3 is 2.36 bits per heavy atom. The Morgan fingerprint density at radius 2 is 2.27 bits per heavy atom. The lowest BCUT2D eigenvalue weighted by atomic mass is 9.73. The highest BCUT2D eigenvalue weighted by Gasteiger charge is 2.49. The van der Waals surface area contributed by atoms with Crippen molar-refractivity contribution in [1.29, 1.82) is 0 Å². The zero-order chi connectivity index (χ0) is 8.48. The van der Waals surface area contributed by atoms with Crippen molar-refractivity contribution in [3.8, 4) is 0 Å². The third kappa shape index (κ3) is 1.13. The molecule has 1 aliphatic heterocycles. The van der Waals surface area contributed by atoms with Gasteiger partial charge in [0, 0.05) is 0 Å². The molecule has 0 aromatic rings. The van der Waals surface area contributed by atoms with Crippen LogP contribution in [0.3, 0.4) is 0 Å². The Morgan fingerprint density at radius 1 is 1.73 bits per heavy atom.